The number of amides is 4. The number of piperazine rings is 1. The third kappa shape index (κ3) is 4.29. The van der Waals surface area contributed by atoms with Crippen LogP contribution in [0.3, 0.4) is 0 Å². The first-order valence-corrected chi connectivity index (χ1v) is 10.9. The van der Waals surface area contributed by atoms with Crippen molar-refractivity contribution in [2.45, 2.75) is 45.2 Å². The van der Waals surface area contributed by atoms with E-state index in [1.807, 2.05) is 31.7 Å². The third-order valence-corrected chi connectivity index (χ3v) is 6.42. The van der Waals surface area contributed by atoms with Crippen LogP contribution < -0.4 is 15.5 Å². The number of anilines is 1. The summed E-state index contributed by atoms with van der Waals surface area (Å²) in [5.74, 6) is -1.92. The van der Waals surface area contributed by atoms with Gasteiger partial charge in [-0.3, -0.25) is 14.9 Å². The van der Waals surface area contributed by atoms with E-state index in [0.717, 1.165) is 17.5 Å². The van der Waals surface area contributed by atoms with E-state index in [4.69, 9.17) is 0 Å². The molecule has 1 unspecified atom stereocenters. The lowest BCUT2D eigenvalue weighted by Gasteiger charge is -2.41. The Morgan fingerprint density at radius 1 is 1.12 bits per heavy atom. The first kappa shape index (κ1) is 22.8. The van der Waals surface area contributed by atoms with Crippen molar-refractivity contribution in [3.8, 4) is 0 Å². The van der Waals surface area contributed by atoms with Gasteiger partial charge in [0.2, 0.25) is 5.91 Å². The molecule has 0 spiro atoms. The van der Waals surface area contributed by atoms with E-state index in [1.165, 1.54) is 12.1 Å². The Morgan fingerprint density at radius 2 is 1.82 bits per heavy atom. The van der Waals surface area contributed by atoms with E-state index in [0.29, 0.717) is 30.9 Å². The van der Waals surface area contributed by atoms with Gasteiger partial charge in [-0.2, -0.15) is 0 Å². The number of nitrogens with one attached hydrogen (secondary N) is 3. The summed E-state index contributed by atoms with van der Waals surface area (Å²) in [5, 5.41) is 5.01. The van der Waals surface area contributed by atoms with Crippen LogP contribution in [0.4, 0.5) is 19.3 Å². The maximum Gasteiger partial charge on any atom is 0.322 e. The van der Waals surface area contributed by atoms with Crippen molar-refractivity contribution in [1.29, 1.82) is 0 Å². The minimum absolute atomic E-state index is 0.0542. The van der Waals surface area contributed by atoms with Gasteiger partial charge >= 0.3 is 6.03 Å². The van der Waals surface area contributed by atoms with Crippen molar-refractivity contribution in [2.24, 2.45) is 0 Å². The molecular formula is C23H27F2N5O3. The van der Waals surface area contributed by atoms with Gasteiger partial charge in [0.25, 0.3) is 5.91 Å². The molecule has 0 bridgehead atoms. The Morgan fingerprint density at radius 3 is 2.36 bits per heavy atom. The van der Waals surface area contributed by atoms with Gasteiger partial charge in [0.1, 0.15) is 17.2 Å². The number of carbonyl (C=O) groups is 3. The molecule has 0 radical (unpaired) electrons. The Labute approximate surface area is 190 Å². The number of H-pyrrole nitrogens is 1. The van der Waals surface area contributed by atoms with Gasteiger partial charge in [-0.1, -0.05) is 0 Å². The van der Waals surface area contributed by atoms with Crippen molar-refractivity contribution >= 4 is 23.5 Å². The minimum atomic E-state index is -1.31. The van der Waals surface area contributed by atoms with Crippen LogP contribution >= 0.6 is 0 Å². The largest absolute Gasteiger partial charge is 0.365 e. The fraction of sp³-hybridized carbons (Fsp3) is 0.435. The Balaban J connectivity index is 1.45. The number of urea groups is 1. The quantitative estimate of drug-likeness (QED) is 0.599. The number of imide groups is 1. The molecule has 10 heteroatoms. The highest BCUT2D eigenvalue weighted by Gasteiger charge is 2.49. The molecule has 0 aliphatic carbocycles. The van der Waals surface area contributed by atoms with E-state index < -0.39 is 29.1 Å². The van der Waals surface area contributed by atoms with Gasteiger partial charge in [-0.25, -0.2) is 13.6 Å². The summed E-state index contributed by atoms with van der Waals surface area (Å²) in [6.07, 6.45) is 0.171. The van der Waals surface area contributed by atoms with Gasteiger partial charge in [-0.15, -0.1) is 0 Å². The molecular weight excluding hydrogens is 432 g/mol. The fourth-order valence-electron chi connectivity index (χ4n) is 4.88. The number of nitrogens with zero attached hydrogens (tertiary/aromatic N) is 2. The summed E-state index contributed by atoms with van der Waals surface area (Å²) in [6, 6.07) is 4.46. The van der Waals surface area contributed by atoms with Crippen LogP contribution in [0, 0.1) is 25.5 Å². The second-order valence-electron chi connectivity index (χ2n) is 8.81. The highest BCUT2D eigenvalue weighted by Crippen LogP contribution is 2.33. The van der Waals surface area contributed by atoms with Gasteiger partial charge in [0.15, 0.2) is 0 Å². The molecule has 1 aromatic heterocycles. The number of aromatic nitrogens is 1. The molecule has 2 aromatic rings. The average Bonchev–Trinajstić information content (AvgIpc) is 3.22. The van der Waals surface area contributed by atoms with Crippen molar-refractivity contribution in [1.82, 2.24) is 20.5 Å². The Kier molecular flexibility index (Phi) is 5.85. The lowest BCUT2D eigenvalue weighted by molar-refractivity contribution is -0.133. The second kappa shape index (κ2) is 8.49. The number of carbonyl (C=O) groups excluding carboxylic acids is 3. The summed E-state index contributed by atoms with van der Waals surface area (Å²) >= 11 is 0. The first-order valence-electron chi connectivity index (χ1n) is 10.9. The molecule has 0 saturated carbocycles. The molecule has 2 aliphatic heterocycles. The number of rotatable bonds is 5. The zero-order valence-electron chi connectivity index (χ0n) is 18.8. The van der Waals surface area contributed by atoms with Crippen LogP contribution in [0.25, 0.3) is 0 Å². The predicted octanol–water partition coefficient (Wildman–Crippen LogP) is 2.46. The zero-order valence-corrected chi connectivity index (χ0v) is 18.8. The van der Waals surface area contributed by atoms with Crippen LogP contribution in [-0.2, 0) is 15.1 Å². The summed E-state index contributed by atoms with van der Waals surface area (Å²) < 4.78 is 27.3. The molecule has 33 heavy (non-hydrogen) atoms. The van der Waals surface area contributed by atoms with Crippen LogP contribution in [-0.4, -0.2) is 53.4 Å². The van der Waals surface area contributed by atoms with Crippen molar-refractivity contribution in [2.75, 3.05) is 24.5 Å². The molecule has 2 atom stereocenters. The molecule has 2 aliphatic rings. The van der Waals surface area contributed by atoms with Gasteiger partial charge in [0.05, 0.1) is 0 Å². The molecule has 1 aromatic carbocycles. The first-order chi connectivity index (χ1) is 15.6. The maximum atomic E-state index is 13.6. The molecule has 3 heterocycles. The van der Waals surface area contributed by atoms with E-state index in [1.54, 1.807) is 4.90 Å². The number of hydrogen-bond acceptors (Lipinski definition) is 4. The minimum Gasteiger partial charge on any atom is -0.365 e. The van der Waals surface area contributed by atoms with E-state index >= 15 is 0 Å². The van der Waals surface area contributed by atoms with E-state index in [2.05, 4.69) is 15.6 Å². The lowest BCUT2D eigenvalue weighted by atomic mass is 9.85. The van der Waals surface area contributed by atoms with Gasteiger partial charge in [-0.05, 0) is 45.4 Å². The summed E-state index contributed by atoms with van der Waals surface area (Å²) in [6.45, 7) is 6.75. The Hall–Kier alpha value is -3.43. The van der Waals surface area contributed by atoms with Crippen molar-refractivity contribution < 1.29 is 23.2 Å². The van der Waals surface area contributed by atoms with Crippen LogP contribution in [0.5, 0.6) is 0 Å². The van der Waals surface area contributed by atoms with Crippen molar-refractivity contribution in [3.63, 3.8) is 0 Å². The van der Waals surface area contributed by atoms with E-state index in [-0.39, 0.29) is 24.8 Å². The highest BCUT2D eigenvalue weighted by atomic mass is 19.1. The lowest BCUT2D eigenvalue weighted by Crippen LogP contribution is -2.54. The number of hydrogen-bond donors (Lipinski definition) is 3. The topological polar surface area (TPSA) is 97.5 Å². The van der Waals surface area contributed by atoms with Crippen LogP contribution in [0.1, 0.15) is 36.7 Å². The maximum absolute atomic E-state index is 13.6. The van der Waals surface area contributed by atoms with Gasteiger partial charge < -0.3 is 20.1 Å². The summed E-state index contributed by atoms with van der Waals surface area (Å²) in [7, 11) is 0. The third-order valence-electron chi connectivity index (χ3n) is 6.42. The normalized spacial score (nSPS) is 23.0. The fourth-order valence-corrected chi connectivity index (χ4v) is 4.88. The highest BCUT2D eigenvalue weighted by molar-refractivity contribution is 6.07. The van der Waals surface area contributed by atoms with E-state index in [9.17, 15) is 23.2 Å². The zero-order chi connectivity index (χ0) is 23.9. The number of benzene rings is 1. The second-order valence-corrected chi connectivity index (χ2v) is 8.81. The molecule has 2 fully saturated rings. The average molecular weight is 459 g/mol. The molecule has 176 valence electrons. The van der Waals surface area contributed by atoms with Gasteiger partial charge in [0, 0.05) is 60.8 Å². The summed E-state index contributed by atoms with van der Waals surface area (Å²) in [5.41, 5.74) is 1.37. The number of aryl methyl sites for hydroxylation is 2. The van der Waals surface area contributed by atoms with Crippen LogP contribution in [0.2, 0.25) is 0 Å². The molecule has 8 nitrogen and oxygen atoms in total. The number of halogens is 2. The standard InChI is InChI=1S/C23H27F2N5O3/c1-13-8-19(15(3)26-13)23(21(32)27-22(33)28-23)5-4-20(31)29-6-7-30(14(2)12-29)18-10-16(24)9-17(25)11-18/h8-11,14,26H,4-7,12H2,1-3H3,(H2,27,28,32,33)/t14-,23?/m0/s1. The molecule has 2 saturated heterocycles. The van der Waals surface area contributed by atoms with Crippen LogP contribution in [0.15, 0.2) is 24.3 Å². The molecule has 4 amide bonds. The van der Waals surface area contributed by atoms with Crippen molar-refractivity contribution in [3.05, 3.63) is 52.9 Å². The smallest absolute Gasteiger partial charge is 0.322 e. The summed E-state index contributed by atoms with van der Waals surface area (Å²) in [4.78, 5) is 44.5. The predicted molar refractivity (Wildman–Crippen MR) is 118 cm³/mol. The monoisotopic (exact) mass is 459 g/mol. The SMILES string of the molecule is Cc1cc(C2(CCC(=O)N3CCN(c4cc(F)cc(F)c4)[C@@H](C)C3)NC(=O)NC2=O)c(C)[nH]1. The molecule has 4 rings (SSSR count). The molecule has 3 N–H and O–H groups in total. The number of aromatic amines is 1. The Bertz CT molecular complexity index is 1100.